The summed E-state index contributed by atoms with van der Waals surface area (Å²) in [6.45, 7) is 8.46. The highest BCUT2D eigenvalue weighted by Crippen LogP contribution is 1.84. The van der Waals surface area contributed by atoms with Gasteiger partial charge in [-0.3, -0.25) is 4.79 Å². The van der Waals surface area contributed by atoms with Crippen molar-refractivity contribution in [2.45, 2.75) is 20.8 Å². The fourth-order valence-electron chi connectivity index (χ4n) is 0.634. The third-order valence-corrected chi connectivity index (χ3v) is 1.18. The van der Waals surface area contributed by atoms with E-state index in [0.717, 1.165) is 18.4 Å². The maximum absolute atomic E-state index is 10.6. The zero-order chi connectivity index (χ0) is 14.4. The van der Waals surface area contributed by atoms with Crippen LogP contribution in [0.25, 0.3) is 0 Å². The zero-order valence-corrected chi connectivity index (χ0v) is 10.8. The van der Waals surface area contributed by atoms with E-state index in [1.807, 2.05) is 0 Å². The van der Waals surface area contributed by atoms with Gasteiger partial charge in [0.25, 0.3) is 0 Å². The van der Waals surface area contributed by atoms with Crippen LogP contribution in [0.2, 0.25) is 0 Å². The summed E-state index contributed by atoms with van der Waals surface area (Å²) in [5.41, 5.74) is 0. The minimum Gasteiger partial charge on any atom is -0.463 e. The summed E-state index contributed by atoms with van der Waals surface area (Å²) < 4.78 is 13.2. The second-order valence-electron chi connectivity index (χ2n) is 2.61. The molecular formula is C12H18O6. The number of carbonyl (C=O) groups is 3. The van der Waals surface area contributed by atoms with E-state index < -0.39 is 11.9 Å². The van der Waals surface area contributed by atoms with Gasteiger partial charge in [0.05, 0.1) is 19.5 Å². The van der Waals surface area contributed by atoms with E-state index in [2.05, 4.69) is 20.8 Å². The fourth-order valence-corrected chi connectivity index (χ4v) is 0.634. The Bertz CT molecular complexity index is 286. The molecule has 0 aliphatic rings. The number of carbonyl (C=O) groups excluding carboxylic acids is 3. The molecule has 0 fully saturated rings. The van der Waals surface area contributed by atoms with Gasteiger partial charge >= 0.3 is 17.9 Å². The molecule has 18 heavy (non-hydrogen) atoms. The van der Waals surface area contributed by atoms with Crippen molar-refractivity contribution >= 4 is 17.9 Å². The molecule has 0 aromatic rings. The van der Waals surface area contributed by atoms with Crippen LogP contribution >= 0.6 is 0 Å². The Morgan fingerprint density at radius 1 is 1.00 bits per heavy atom. The molecule has 0 amide bonds. The topological polar surface area (TPSA) is 78.9 Å². The molecule has 0 heterocycles. The molecule has 0 radical (unpaired) electrons. The lowest BCUT2D eigenvalue weighted by Crippen LogP contribution is -2.03. The Kier molecular flexibility index (Phi) is 13.1. The van der Waals surface area contributed by atoms with Crippen LogP contribution in [0.5, 0.6) is 0 Å². The highest BCUT2D eigenvalue weighted by Gasteiger charge is 1.97. The van der Waals surface area contributed by atoms with Crippen molar-refractivity contribution in [3.8, 4) is 0 Å². The molecule has 0 bridgehead atoms. The van der Waals surface area contributed by atoms with E-state index >= 15 is 0 Å². The molecule has 0 saturated heterocycles. The van der Waals surface area contributed by atoms with Gasteiger partial charge in [0.2, 0.25) is 0 Å². The molecule has 0 spiro atoms. The smallest absolute Gasteiger partial charge is 0.330 e. The maximum atomic E-state index is 10.6. The van der Waals surface area contributed by atoms with Crippen molar-refractivity contribution in [2.24, 2.45) is 0 Å². The van der Waals surface area contributed by atoms with Gasteiger partial charge in [-0.2, -0.15) is 0 Å². The third-order valence-electron chi connectivity index (χ3n) is 1.18. The van der Waals surface area contributed by atoms with E-state index in [0.29, 0.717) is 13.2 Å². The molecule has 0 aliphatic heterocycles. The Hall–Kier alpha value is -2.11. The number of rotatable bonds is 5. The minimum atomic E-state index is -0.537. The van der Waals surface area contributed by atoms with E-state index in [1.54, 1.807) is 13.8 Å². The van der Waals surface area contributed by atoms with Gasteiger partial charge in [0, 0.05) is 19.1 Å². The lowest BCUT2D eigenvalue weighted by atomic mass is 10.5. The van der Waals surface area contributed by atoms with E-state index in [-0.39, 0.29) is 5.97 Å². The lowest BCUT2D eigenvalue weighted by molar-refractivity contribution is -0.140. The SMILES string of the molecule is C=COC(C)=O.CCOC(=O)C=CC(=O)OCC. The van der Waals surface area contributed by atoms with Crippen LogP contribution in [0.4, 0.5) is 0 Å². The number of hydrogen-bond acceptors (Lipinski definition) is 6. The minimum absolute atomic E-state index is 0.298. The van der Waals surface area contributed by atoms with Crippen molar-refractivity contribution in [3.63, 3.8) is 0 Å². The number of ether oxygens (including phenoxy) is 3. The molecule has 0 unspecified atom stereocenters. The summed E-state index contributed by atoms with van der Waals surface area (Å²) in [7, 11) is 0. The predicted octanol–water partition coefficient (Wildman–Crippen LogP) is 1.36. The summed E-state index contributed by atoms with van der Waals surface area (Å²) in [6, 6.07) is 0. The highest BCUT2D eigenvalue weighted by molar-refractivity contribution is 5.91. The maximum Gasteiger partial charge on any atom is 0.330 e. The predicted molar refractivity (Wildman–Crippen MR) is 64.4 cm³/mol. The lowest BCUT2D eigenvalue weighted by Gasteiger charge is -1.95. The monoisotopic (exact) mass is 258 g/mol. The van der Waals surface area contributed by atoms with Crippen LogP contribution in [-0.2, 0) is 28.6 Å². The van der Waals surface area contributed by atoms with Gasteiger partial charge in [-0.15, -0.1) is 0 Å². The van der Waals surface area contributed by atoms with Crippen molar-refractivity contribution in [3.05, 3.63) is 25.0 Å². The summed E-state index contributed by atoms with van der Waals surface area (Å²) in [5, 5.41) is 0. The molecule has 0 saturated carbocycles. The Labute approximate surface area is 106 Å². The second kappa shape index (κ2) is 13.0. The largest absolute Gasteiger partial charge is 0.463 e. The molecule has 0 aromatic carbocycles. The van der Waals surface area contributed by atoms with Gasteiger partial charge in [0.15, 0.2) is 0 Å². The average Bonchev–Trinajstić information content (AvgIpc) is 2.28. The zero-order valence-electron chi connectivity index (χ0n) is 10.8. The first-order valence-corrected chi connectivity index (χ1v) is 5.27. The average molecular weight is 258 g/mol. The van der Waals surface area contributed by atoms with Gasteiger partial charge in [-0.25, -0.2) is 9.59 Å². The molecule has 102 valence electrons. The van der Waals surface area contributed by atoms with Gasteiger partial charge in [-0.1, -0.05) is 6.58 Å². The second-order valence-corrected chi connectivity index (χ2v) is 2.61. The van der Waals surface area contributed by atoms with E-state index in [1.165, 1.54) is 6.92 Å². The van der Waals surface area contributed by atoms with Gasteiger partial charge in [-0.05, 0) is 13.8 Å². The quantitative estimate of drug-likeness (QED) is 0.320. The normalized spacial score (nSPS) is 8.83. The first-order chi connectivity index (χ1) is 8.47. The van der Waals surface area contributed by atoms with Crippen LogP contribution in [0.15, 0.2) is 25.0 Å². The van der Waals surface area contributed by atoms with Crippen molar-refractivity contribution in [1.82, 2.24) is 0 Å². The van der Waals surface area contributed by atoms with Crippen molar-refractivity contribution in [2.75, 3.05) is 13.2 Å². The van der Waals surface area contributed by atoms with Crippen LogP contribution in [0.3, 0.4) is 0 Å². The van der Waals surface area contributed by atoms with Gasteiger partial charge < -0.3 is 14.2 Å². The van der Waals surface area contributed by atoms with Crippen LogP contribution in [0, 0.1) is 0 Å². The fraction of sp³-hybridized carbons (Fsp3) is 0.417. The summed E-state index contributed by atoms with van der Waals surface area (Å²) in [4.78, 5) is 31.0. The first kappa shape index (κ1) is 18.3. The molecule has 6 heteroatoms. The van der Waals surface area contributed by atoms with Crippen LogP contribution in [0.1, 0.15) is 20.8 Å². The van der Waals surface area contributed by atoms with Crippen LogP contribution < -0.4 is 0 Å². The summed E-state index contributed by atoms with van der Waals surface area (Å²) in [6.07, 6.45) is 3.19. The Morgan fingerprint density at radius 3 is 1.56 bits per heavy atom. The first-order valence-electron chi connectivity index (χ1n) is 5.27. The summed E-state index contributed by atoms with van der Waals surface area (Å²) in [5.74, 6) is -1.40. The third kappa shape index (κ3) is 16.3. The van der Waals surface area contributed by atoms with Crippen LogP contribution in [-0.4, -0.2) is 31.1 Å². The number of esters is 3. The molecule has 0 aromatic heterocycles. The molecule has 0 rings (SSSR count). The Balaban J connectivity index is 0. The summed E-state index contributed by atoms with van der Waals surface area (Å²) >= 11 is 0. The van der Waals surface area contributed by atoms with Gasteiger partial charge in [0.1, 0.15) is 0 Å². The Morgan fingerprint density at radius 2 is 1.39 bits per heavy atom. The molecule has 0 atom stereocenters. The molecular weight excluding hydrogens is 240 g/mol. The molecule has 6 nitrogen and oxygen atoms in total. The van der Waals surface area contributed by atoms with Crippen molar-refractivity contribution in [1.29, 1.82) is 0 Å². The molecule has 0 N–H and O–H groups in total. The number of hydrogen-bond donors (Lipinski definition) is 0. The van der Waals surface area contributed by atoms with E-state index in [4.69, 9.17) is 0 Å². The standard InChI is InChI=1S/C8H12O4.C4H6O2/c1-3-11-7(9)5-6-8(10)12-4-2;1-3-6-4(2)5/h5-6H,3-4H2,1-2H3;3H,1H2,2H3. The van der Waals surface area contributed by atoms with Crippen molar-refractivity contribution < 1.29 is 28.6 Å². The molecule has 0 aliphatic carbocycles. The van der Waals surface area contributed by atoms with E-state index in [9.17, 15) is 14.4 Å². The highest BCUT2D eigenvalue weighted by atomic mass is 16.5.